The molecule has 1 aliphatic rings. The Labute approximate surface area is 125 Å². The van der Waals surface area contributed by atoms with Gasteiger partial charge < -0.3 is 9.47 Å². The number of allylic oxidation sites excluding steroid dienone is 1. The highest BCUT2D eigenvalue weighted by molar-refractivity contribution is 6.18. The standard InChI is InChI=1S/C16H22O5/c1-6-8-16(14(19)20-5)9-7-12(17)11(10-16)13(18)21-15(2,3)4/h6,10H,1,7-9H2,2-5H3. The number of hydrogen-bond acceptors (Lipinski definition) is 5. The largest absolute Gasteiger partial charge is 0.468 e. The summed E-state index contributed by atoms with van der Waals surface area (Å²) in [6.45, 7) is 8.78. The van der Waals surface area contributed by atoms with Crippen LogP contribution in [0.15, 0.2) is 24.3 Å². The predicted molar refractivity (Wildman–Crippen MR) is 77.4 cm³/mol. The molecule has 0 aromatic carbocycles. The Hall–Kier alpha value is -1.91. The van der Waals surface area contributed by atoms with Crippen LogP contribution in [0.25, 0.3) is 0 Å². The van der Waals surface area contributed by atoms with Crippen molar-refractivity contribution in [2.24, 2.45) is 5.41 Å². The number of ketones is 1. The van der Waals surface area contributed by atoms with E-state index >= 15 is 0 Å². The number of carbonyl (C=O) groups is 3. The number of carbonyl (C=O) groups excluding carboxylic acids is 3. The van der Waals surface area contributed by atoms with Gasteiger partial charge in [0.05, 0.1) is 18.1 Å². The molecule has 0 aromatic rings. The van der Waals surface area contributed by atoms with Crippen molar-refractivity contribution in [1.29, 1.82) is 0 Å². The third-order valence-corrected chi connectivity index (χ3v) is 3.24. The van der Waals surface area contributed by atoms with Crippen molar-refractivity contribution in [2.45, 2.75) is 45.6 Å². The normalized spacial score (nSPS) is 22.3. The molecule has 0 heterocycles. The van der Waals surface area contributed by atoms with Gasteiger partial charge in [0.25, 0.3) is 0 Å². The zero-order chi connectivity index (χ0) is 16.3. The average Bonchev–Trinajstić information content (AvgIpc) is 2.38. The molecule has 0 aromatic heterocycles. The highest BCUT2D eigenvalue weighted by atomic mass is 16.6. The monoisotopic (exact) mass is 294 g/mol. The van der Waals surface area contributed by atoms with Crippen molar-refractivity contribution in [3.8, 4) is 0 Å². The molecule has 1 atom stereocenters. The van der Waals surface area contributed by atoms with Gasteiger partial charge in [-0.15, -0.1) is 6.58 Å². The quantitative estimate of drug-likeness (QED) is 0.452. The second-order valence-electron chi connectivity index (χ2n) is 6.12. The Morgan fingerprint density at radius 2 is 2.05 bits per heavy atom. The highest BCUT2D eigenvalue weighted by Gasteiger charge is 2.43. The lowest BCUT2D eigenvalue weighted by Crippen LogP contribution is -2.37. The van der Waals surface area contributed by atoms with Crippen LogP contribution < -0.4 is 0 Å². The Bertz CT molecular complexity index is 495. The summed E-state index contributed by atoms with van der Waals surface area (Å²) in [5.74, 6) is -1.49. The number of methoxy groups -OCH3 is 1. The molecule has 0 amide bonds. The lowest BCUT2D eigenvalue weighted by molar-refractivity contribution is -0.152. The number of hydrogen-bond donors (Lipinski definition) is 0. The first-order valence-electron chi connectivity index (χ1n) is 6.84. The highest BCUT2D eigenvalue weighted by Crippen LogP contribution is 2.38. The molecule has 0 radical (unpaired) electrons. The van der Waals surface area contributed by atoms with E-state index in [0.29, 0.717) is 12.8 Å². The summed E-state index contributed by atoms with van der Waals surface area (Å²) in [5, 5.41) is 0. The van der Waals surface area contributed by atoms with E-state index in [1.165, 1.54) is 13.2 Å². The van der Waals surface area contributed by atoms with Gasteiger partial charge >= 0.3 is 11.9 Å². The minimum atomic E-state index is -1.02. The van der Waals surface area contributed by atoms with Crippen LogP contribution in [0, 0.1) is 5.41 Å². The molecule has 0 aliphatic heterocycles. The van der Waals surface area contributed by atoms with E-state index in [9.17, 15) is 14.4 Å². The molecule has 116 valence electrons. The maximum absolute atomic E-state index is 12.1. The summed E-state index contributed by atoms with van der Waals surface area (Å²) in [4.78, 5) is 36.2. The van der Waals surface area contributed by atoms with E-state index in [-0.39, 0.29) is 17.8 Å². The van der Waals surface area contributed by atoms with Crippen LogP contribution in [-0.4, -0.2) is 30.4 Å². The van der Waals surface area contributed by atoms with Gasteiger partial charge in [0.2, 0.25) is 0 Å². The fourth-order valence-electron chi connectivity index (χ4n) is 2.27. The Morgan fingerprint density at radius 1 is 1.43 bits per heavy atom. The van der Waals surface area contributed by atoms with E-state index in [4.69, 9.17) is 9.47 Å². The Kier molecular flexibility index (Phi) is 5.10. The van der Waals surface area contributed by atoms with E-state index < -0.39 is 23.0 Å². The number of esters is 2. The van der Waals surface area contributed by atoms with Crippen LogP contribution in [0.3, 0.4) is 0 Å². The molecule has 1 aliphatic carbocycles. The molecule has 5 nitrogen and oxygen atoms in total. The topological polar surface area (TPSA) is 69.7 Å². The van der Waals surface area contributed by atoms with Crippen molar-refractivity contribution in [3.05, 3.63) is 24.3 Å². The van der Waals surface area contributed by atoms with Crippen molar-refractivity contribution in [3.63, 3.8) is 0 Å². The van der Waals surface area contributed by atoms with Crippen molar-refractivity contribution in [2.75, 3.05) is 7.11 Å². The van der Waals surface area contributed by atoms with Gasteiger partial charge in [0.15, 0.2) is 5.78 Å². The minimum absolute atomic E-state index is 0.0802. The lowest BCUT2D eigenvalue weighted by atomic mass is 9.73. The molecular weight excluding hydrogens is 272 g/mol. The number of Topliss-reactive ketones (excluding diaryl/α,β-unsaturated/α-hetero) is 1. The third-order valence-electron chi connectivity index (χ3n) is 3.24. The van der Waals surface area contributed by atoms with Gasteiger partial charge in [-0.05, 0) is 39.7 Å². The molecule has 1 rings (SSSR count). The fraction of sp³-hybridized carbons (Fsp3) is 0.562. The number of ether oxygens (including phenoxy) is 2. The average molecular weight is 294 g/mol. The van der Waals surface area contributed by atoms with Crippen molar-refractivity contribution in [1.82, 2.24) is 0 Å². The van der Waals surface area contributed by atoms with Crippen LogP contribution in [0.5, 0.6) is 0 Å². The van der Waals surface area contributed by atoms with Gasteiger partial charge in [-0.3, -0.25) is 9.59 Å². The molecule has 21 heavy (non-hydrogen) atoms. The molecule has 0 fully saturated rings. The summed E-state index contributed by atoms with van der Waals surface area (Å²) in [6.07, 6.45) is 3.68. The fourth-order valence-corrected chi connectivity index (χ4v) is 2.27. The van der Waals surface area contributed by atoms with Crippen LogP contribution >= 0.6 is 0 Å². The smallest absolute Gasteiger partial charge is 0.341 e. The second-order valence-corrected chi connectivity index (χ2v) is 6.12. The van der Waals surface area contributed by atoms with Gasteiger partial charge in [0.1, 0.15) is 5.60 Å². The van der Waals surface area contributed by atoms with E-state index in [1.54, 1.807) is 26.8 Å². The van der Waals surface area contributed by atoms with Gasteiger partial charge in [-0.2, -0.15) is 0 Å². The van der Waals surface area contributed by atoms with Gasteiger partial charge in [-0.25, -0.2) is 4.79 Å². The lowest BCUT2D eigenvalue weighted by Gasteiger charge is -2.31. The maximum Gasteiger partial charge on any atom is 0.341 e. The van der Waals surface area contributed by atoms with Crippen molar-refractivity contribution >= 4 is 17.7 Å². The molecular formula is C16H22O5. The molecule has 0 bridgehead atoms. The van der Waals surface area contributed by atoms with Crippen LogP contribution in [0.4, 0.5) is 0 Å². The molecule has 5 heteroatoms. The van der Waals surface area contributed by atoms with Crippen molar-refractivity contribution < 1.29 is 23.9 Å². The first-order valence-corrected chi connectivity index (χ1v) is 6.84. The van der Waals surface area contributed by atoms with Crippen LogP contribution in [-0.2, 0) is 23.9 Å². The Morgan fingerprint density at radius 3 is 2.52 bits per heavy atom. The molecule has 0 saturated carbocycles. The summed E-state index contributed by atoms with van der Waals surface area (Å²) < 4.78 is 10.0. The molecule has 1 unspecified atom stereocenters. The predicted octanol–water partition coefficient (Wildman–Crippen LogP) is 2.35. The zero-order valence-corrected chi connectivity index (χ0v) is 13.0. The summed E-state index contributed by atoms with van der Waals surface area (Å²) in [6, 6.07) is 0. The summed E-state index contributed by atoms with van der Waals surface area (Å²) in [7, 11) is 1.28. The summed E-state index contributed by atoms with van der Waals surface area (Å²) in [5.41, 5.74) is -1.80. The maximum atomic E-state index is 12.1. The van der Waals surface area contributed by atoms with Gasteiger partial charge in [-0.1, -0.05) is 6.08 Å². The summed E-state index contributed by atoms with van der Waals surface area (Å²) >= 11 is 0. The van der Waals surface area contributed by atoms with Crippen LogP contribution in [0.1, 0.15) is 40.0 Å². The first kappa shape index (κ1) is 17.1. The van der Waals surface area contributed by atoms with Gasteiger partial charge in [0, 0.05) is 6.42 Å². The zero-order valence-electron chi connectivity index (χ0n) is 13.0. The second kappa shape index (κ2) is 6.24. The van der Waals surface area contributed by atoms with E-state index in [1.807, 2.05) is 0 Å². The van der Waals surface area contributed by atoms with E-state index in [0.717, 1.165) is 0 Å². The van der Waals surface area contributed by atoms with Crippen LogP contribution in [0.2, 0.25) is 0 Å². The first-order chi connectivity index (χ1) is 9.65. The van der Waals surface area contributed by atoms with E-state index in [2.05, 4.69) is 6.58 Å². The SMILES string of the molecule is C=CCC1(C(=O)OC)C=C(C(=O)OC(C)(C)C)C(=O)CC1. The Balaban J connectivity index is 3.20. The number of rotatable bonds is 4. The third kappa shape index (κ3) is 4.03. The minimum Gasteiger partial charge on any atom is -0.468 e. The molecule has 0 saturated heterocycles. The molecule has 0 spiro atoms. The molecule has 0 N–H and O–H groups in total.